The average molecular weight is 184 g/mol. The summed E-state index contributed by atoms with van der Waals surface area (Å²) in [6.07, 6.45) is 0. The summed E-state index contributed by atoms with van der Waals surface area (Å²) in [5.74, 6) is -2.46. The molecule has 0 radical (unpaired) electrons. The Morgan fingerprint density at radius 3 is 1.46 bits per heavy atom. The average Bonchev–Trinajstić information content (AvgIpc) is 2.04. The number of carboxylic acids is 2. The molecule has 1 rings (SSSR count). The summed E-state index contributed by atoms with van der Waals surface area (Å²) >= 11 is 0. The van der Waals surface area contributed by atoms with Gasteiger partial charge in [0.1, 0.15) is 0 Å². The highest BCUT2D eigenvalue weighted by molar-refractivity contribution is 6.01. The monoisotopic (exact) mass is 184 g/mol. The van der Waals surface area contributed by atoms with Gasteiger partial charge in [-0.05, 0) is 12.1 Å². The molecule has 0 amide bonds. The van der Waals surface area contributed by atoms with E-state index in [4.69, 9.17) is 10.2 Å². The first-order valence-corrected chi connectivity index (χ1v) is 3.18. The van der Waals surface area contributed by atoms with Gasteiger partial charge in [0.05, 0.1) is 11.1 Å². The molecule has 0 aromatic heterocycles. The third-order valence-corrected chi connectivity index (χ3v) is 1.39. The second-order valence-electron chi connectivity index (χ2n) is 2.16. The number of hydrogen-bond acceptors (Lipinski definition) is 2. The molecule has 5 heteroatoms. The van der Waals surface area contributed by atoms with Crippen molar-refractivity contribution in [3.63, 3.8) is 0 Å². The van der Waals surface area contributed by atoms with E-state index in [2.05, 4.69) is 0 Å². The van der Waals surface area contributed by atoms with Crippen LogP contribution in [0, 0.1) is 0 Å². The second-order valence-corrected chi connectivity index (χ2v) is 2.16. The summed E-state index contributed by atoms with van der Waals surface area (Å²) in [6.45, 7) is 0. The normalized spacial score (nSPS) is 8.62. The minimum atomic E-state index is -1.23. The van der Waals surface area contributed by atoms with Gasteiger partial charge in [-0.25, -0.2) is 9.59 Å². The van der Waals surface area contributed by atoms with Gasteiger partial charge in [0.2, 0.25) is 0 Å². The van der Waals surface area contributed by atoms with Crippen molar-refractivity contribution >= 4 is 11.9 Å². The molecule has 6 N–H and O–H groups in total. The van der Waals surface area contributed by atoms with Crippen LogP contribution in [0.5, 0.6) is 0 Å². The van der Waals surface area contributed by atoms with E-state index in [9.17, 15) is 9.59 Å². The lowest BCUT2D eigenvalue weighted by Gasteiger charge is -1.98. The Bertz CT molecular complexity index is 302. The molecular formula is C8H10NO4+. The molecular weight excluding hydrogens is 174 g/mol. The molecule has 1 aromatic carbocycles. The first-order valence-electron chi connectivity index (χ1n) is 3.18. The molecule has 0 heterocycles. The van der Waals surface area contributed by atoms with Crippen LogP contribution in [0.2, 0.25) is 0 Å². The first-order chi connectivity index (χ1) is 5.63. The lowest BCUT2D eigenvalue weighted by molar-refractivity contribution is 0.0651. The van der Waals surface area contributed by atoms with Crippen molar-refractivity contribution in [1.82, 2.24) is 6.15 Å². The molecule has 0 atom stereocenters. The molecule has 0 unspecified atom stereocenters. The standard InChI is InChI=1S/C8H6O4.H3N/c9-7(10)5-3-1-2-4-6(5)8(11)12;/h1-4H,(H,9,10)(H,11,12);1H3/p+1. The minimum absolute atomic E-state index is 0. The van der Waals surface area contributed by atoms with Crippen molar-refractivity contribution in [3.8, 4) is 0 Å². The minimum Gasteiger partial charge on any atom is -0.478 e. The van der Waals surface area contributed by atoms with E-state index in [-0.39, 0.29) is 17.3 Å². The number of hydrogen-bond donors (Lipinski definition) is 3. The first kappa shape index (κ1) is 11.1. The summed E-state index contributed by atoms with van der Waals surface area (Å²) in [7, 11) is 0. The zero-order valence-electron chi connectivity index (χ0n) is 7.02. The maximum atomic E-state index is 10.5. The van der Waals surface area contributed by atoms with Crippen LogP contribution in [0.1, 0.15) is 20.7 Å². The summed E-state index contributed by atoms with van der Waals surface area (Å²) < 4.78 is 0. The molecule has 13 heavy (non-hydrogen) atoms. The molecule has 1 aromatic rings. The fourth-order valence-electron chi connectivity index (χ4n) is 0.856. The van der Waals surface area contributed by atoms with Crippen LogP contribution in [-0.4, -0.2) is 22.2 Å². The number of carbonyl (C=O) groups is 2. The zero-order chi connectivity index (χ0) is 9.14. The highest BCUT2D eigenvalue weighted by Gasteiger charge is 2.13. The second kappa shape index (κ2) is 4.22. The van der Waals surface area contributed by atoms with Gasteiger partial charge in [-0.15, -0.1) is 0 Å². The topological polar surface area (TPSA) is 111 Å². The number of quaternary nitrogens is 1. The third-order valence-electron chi connectivity index (χ3n) is 1.39. The van der Waals surface area contributed by atoms with E-state index in [1.807, 2.05) is 0 Å². The van der Waals surface area contributed by atoms with Crippen molar-refractivity contribution in [2.75, 3.05) is 0 Å². The van der Waals surface area contributed by atoms with Crippen molar-refractivity contribution in [3.05, 3.63) is 35.4 Å². The molecule has 0 aliphatic carbocycles. The van der Waals surface area contributed by atoms with Gasteiger partial charge in [-0.1, -0.05) is 12.1 Å². The SMILES string of the molecule is O=C(O)c1ccccc1C(=O)O.[NH4+]. The van der Waals surface area contributed by atoms with Gasteiger partial charge in [0.25, 0.3) is 0 Å². The number of rotatable bonds is 2. The van der Waals surface area contributed by atoms with Gasteiger partial charge < -0.3 is 16.4 Å². The van der Waals surface area contributed by atoms with Crippen LogP contribution < -0.4 is 6.15 Å². The molecule has 0 aliphatic heterocycles. The van der Waals surface area contributed by atoms with Crippen LogP contribution >= 0.6 is 0 Å². The van der Waals surface area contributed by atoms with Gasteiger partial charge in [-0.3, -0.25) is 0 Å². The maximum absolute atomic E-state index is 10.5. The Labute approximate surface area is 74.2 Å². The zero-order valence-corrected chi connectivity index (χ0v) is 7.02. The van der Waals surface area contributed by atoms with Crippen molar-refractivity contribution in [2.45, 2.75) is 0 Å². The van der Waals surface area contributed by atoms with Crippen molar-refractivity contribution < 1.29 is 19.8 Å². The summed E-state index contributed by atoms with van der Waals surface area (Å²) in [6, 6.07) is 5.48. The van der Waals surface area contributed by atoms with E-state index >= 15 is 0 Å². The van der Waals surface area contributed by atoms with Crippen molar-refractivity contribution in [2.24, 2.45) is 0 Å². The van der Waals surface area contributed by atoms with Crippen LogP contribution in [0.3, 0.4) is 0 Å². The highest BCUT2D eigenvalue weighted by Crippen LogP contribution is 2.07. The van der Waals surface area contributed by atoms with Crippen LogP contribution in [0.15, 0.2) is 24.3 Å². The fourth-order valence-corrected chi connectivity index (χ4v) is 0.856. The molecule has 0 saturated heterocycles. The van der Waals surface area contributed by atoms with E-state index < -0.39 is 11.9 Å². The highest BCUT2D eigenvalue weighted by atomic mass is 16.4. The predicted molar refractivity (Wildman–Crippen MR) is 46.3 cm³/mol. The Morgan fingerprint density at radius 1 is 0.923 bits per heavy atom. The Hall–Kier alpha value is -1.88. The maximum Gasteiger partial charge on any atom is 0.336 e. The molecule has 5 nitrogen and oxygen atoms in total. The summed E-state index contributed by atoms with van der Waals surface area (Å²) in [5, 5.41) is 17.1. The third kappa shape index (κ3) is 2.28. The lowest BCUT2D eigenvalue weighted by atomic mass is 10.1. The van der Waals surface area contributed by atoms with E-state index in [0.29, 0.717) is 0 Å². The Morgan fingerprint density at radius 2 is 1.23 bits per heavy atom. The number of benzene rings is 1. The lowest BCUT2D eigenvalue weighted by Crippen LogP contribution is -2.06. The molecule has 70 valence electrons. The molecule has 0 fully saturated rings. The van der Waals surface area contributed by atoms with E-state index in [1.54, 1.807) is 0 Å². The van der Waals surface area contributed by atoms with Gasteiger partial charge in [0.15, 0.2) is 0 Å². The summed E-state index contributed by atoms with van der Waals surface area (Å²) in [5.41, 5.74) is -0.380. The number of carboxylic acid groups (broad SMARTS) is 2. The largest absolute Gasteiger partial charge is 0.478 e. The van der Waals surface area contributed by atoms with Gasteiger partial charge >= 0.3 is 11.9 Å². The quantitative estimate of drug-likeness (QED) is 0.645. The molecule has 0 saturated carbocycles. The smallest absolute Gasteiger partial charge is 0.336 e. The van der Waals surface area contributed by atoms with Crippen molar-refractivity contribution in [1.29, 1.82) is 0 Å². The van der Waals surface area contributed by atoms with Crippen LogP contribution in [-0.2, 0) is 0 Å². The fraction of sp³-hybridized carbons (Fsp3) is 0. The summed E-state index contributed by atoms with van der Waals surface area (Å²) in [4.78, 5) is 20.9. The molecule has 0 aliphatic rings. The van der Waals surface area contributed by atoms with Gasteiger partial charge in [0, 0.05) is 0 Å². The number of aromatic carboxylic acids is 2. The predicted octanol–water partition coefficient (Wildman–Crippen LogP) is 1.46. The molecule has 0 spiro atoms. The van der Waals surface area contributed by atoms with Gasteiger partial charge in [-0.2, -0.15) is 0 Å². The van der Waals surface area contributed by atoms with Crippen LogP contribution in [0.25, 0.3) is 0 Å². The van der Waals surface area contributed by atoms with E-state index in [1.165, 1.54) is 24.3 Å². The van der Waals surface area contributed by atoms with Crippen LogP contribution in [0.4, 0.5) is 0 Å². The Kier molecular flexibility index (Phi) is 3.61. The molecule has 0 bridgehead atoms. The Balaban J connectivity index is 0.00000144. The van der Waals surface area contributed by atoms with E-state index in [0.717, 1.165) is 0 Å².